The van der Waals surface area contributed by atoms with Crippen LogP contribution in [0.4, 0.5) is 5.69 Å². The lowest BCUT2D eigenvalue weighted by molar-refractivity contribution is -0.119. The van der Waals surface area contributed by atoms with Gasteiger partial charge in [0.25, 0.3) is 10.0 Å². The van der Waals surface area contributed by atoms with Crippen LogP contribution < -0.4 is 9.62 Å². The molecule has 0 saturated carbocycles. The SMILES string of the molecule is Cc1ccc(S(=O)(=O)N(CC(=O)NCc2ccccc2-n2ccnc2)c2ccccc2)cc1. The van der Waals surface area contributed by atoms with Gasteiger partial charge in [0.1, 0.15) is 6.54 Å². The molecule has 0 spiro atoms. The van der Waals surface area contributed by atoms with Crippen LogP contribution in [0.5, 0.6) is 0 Å². The van der Waals surface area contributed by atoms with E-state index in [2.05, 4.69) is 10.3 Å². The smallest absolute Gasteiger partial charge is 0.264 e. The molecule has 8 heteroatoms. The molecule has 4 rings (SSSR count). The number of benzene rings is 3. The summed E-state index contributed by atoms with van der Waals surface area (Å²) in [6.45, 7) is 1.80. The van der Waals surface area contributed by atoms with Gasteiger partial charge < -0.3 is 9.88 Å². The Balaban J connectivity index is 1.55. The molecule has 1 heterocycles. The third-order valence-corrected chi connectivity index (χ3v) is 6.98. The minimum Gasteiger partial charge on any atom is -0.350 e. The molecule has 0 unspecified atom stereocenters. The average molecular weight is 461 g/mol. The number of aromatic nitrogens is 2. The van der Waals surface area contributed by atoms with Gasteiger partial charge in [0.05, 0.1) is 22.6 Å². The molecule has 0 fully saturated rings. The highest BCUT2D eigenvalue weighted by Gasteiger charge is 2.27. The summed E-state index contributed by atoms with van der Waals surface area (Å²) in [5.74, 6) is -0.407. The molecule has 3 aromatic carbocycles. The number of anilines is 1. The van der Waals surface area contributed by atoms with Crippen LogP contribution in [0.1, 0.15) is 11.1 Å². The van der Waals surface area contributed by atoms with Gasteiger partial charge in [0.15, 0.2) is 0 Å². The van der Waals surface area contributed by atoms with Crippen LogP contribution in [-0.4, -0.2) is 30.4 Å². The molecule has 7 nitrogen and oxygen atoms in total. The van der Waals surface area contributed by atoms with E-state index in [1.807, 2.05) is 42.0 Å². The number of aryl methyl sites for hydroxylation is 1. The van der Waals surface area contributed by atoms with Gasteiger partial charge in [0.2, 0.25) is 5.91 Å². The first-order valence-corrected chi connectivity index (χ1v) is 11.9. The fourth-order valence-corrected chi connectivity index (χ4v) is 4.86. The lowest BCUT2D eigenvalue weighted by Crippen LogP contribution is -2.40. The van der Waals surface area contributed by atoms with Gasteiger partial charge in [-0.25, -0.2) is 13.4 Å². The first-order chi connectivity index (χ1) is 15.9. The molecule has 1 aromatic heterocycles. The van der Waals surface area contributed by atoms with Crippen LogP contribution in [0.25, 0.3) is 5.69 Å². The summed E-state index contributed by atoms with van der Waals surface area (Å²) in [5.41, 5.74) is 3.15. The van der Waals surface area contributed by atoms with Crippen LogP contribution >= 0.6 is 0 Å². The Morgan fingerprint density at radius 1 is 0.970 bits per heavy atom. The minimum absolute atomic E-state index is 0.134. The maximum absolute atomic E-state index is 13.4. The number of rotatable bonds is 8. The number of amides is 1. The van der Waals surface area contributed by atoms with E-state index in [-0.39, 0.29) is 18.0 Å². The molecule has 168 valence electrons. The summed E-state index contributed by atoms with van der Waals surface area (Å²) in [4.78, 5) is 17.1. The number of nitrogens with zero attached hydrogens (tertiary/aromatic N) is 3. The zero-order valence-corrected chi connectivity index (χ0v) is 18.9. The van der Waals surface area contributed by atoms with E-state index in [0.717, 1.165) is 21.1 Å². The lowest BCUT2D eigenvalue weighted by atomic mass is 10.1. The monoisotopic (exact) mass is 460 g/mol. The fraction of sp³-hybridized carbons (Fsp3) is 0.120. The highest BCUT2D eigenvalue weighted by atomic mass is 32.2. The van der Waals surface area contributed by atoms with Gasteiger partial charge in [-0.15, -0.1) is 0 Å². The molecular weight excluding hydrogens is 436 g/mol. The van der Waals surface area contributed by atoms with Crippen LogP contribution in [0, 0.1) is 6.92 Å². The van der Waals surface area contributed by atoms with Crippen molar-refractivity contribution < 1.29 is 13.2 Å². The van der Waals surface area contributed by atoms with Crippen LogP contribution in [0.2, 0.25) is 0 Å². The average Bonchev–Trinajstić information content (AvgIpc) is 3.37. The van der Waals surface area contributed by atoms with Crippen molar-refractivity contribution in [2.24, 2.45) is 0 Å². The standard InChI is InChI=1S/C25H24N4O3S/c1-20-11-13-23(14-12-20)33(31,32)29(22-8-3-2-4-9-22)18-25(30)27-17-21-7-5-6-10-24(21)28-16-15-26-19-28/h2-16,19H,17-18H2,1H3,(H,27,30). The maximum atomic E-state index is 13.4. The Bertz CT molecular complexity index is 1320. The predicted octanol–water partition coefficient (Wildman–Crippen LogP) is 3.69. The first kappa shape index (κ1) is 22.3. The number of para-hydroxylation sites is 2. The zero-order valence-electron chi connectivity index (χ0n) is 18.1. The van der Waals surface area contributed by atoms with Crippen molar-refractivity contribution in [1.29, 1.82) is 0 Å². The Morgan fingerprint density at radius 3 is 2.36 bits per heavy atom. The molecule has 0 saturated heterocycles. The zero-order chi connectivity index (χ0) is 23.3. The number of nitrogens with one attached hydrogen (secondary N) is 1. The van der Waals surface area contributed by atoms with Gasteiger partial charge in [0, 0.05) is 18.9 Å². The number of sulfonamides is 1. The van der Waals surface area contributed by atoms with E-state index in [9.17, 15) is 13.2 Å². The molecule has 0 radical (unpaired) electrons. The highest BCUT2D eigenvalue weighted by Crippen LogP contribution is 2.23. The Kier molecular flexibility index (Phi) is 6.55. The van der Waals surface area contributed by atoms with Crippen molar-refractivity contribution in [2.45, 2.75) is 18.4 Å². The Morgan fingerprint density at radius 2 is 1.67 bits per heavy atom. The number of hydrogen-bond acceptors (Lipinski definition) is 4. The number of imidazole rings is 1. The lowest BCUT2D eigenvalue weighted by Gasteiger charge is -2.24. The summed E-state index contributed by atoms with van der Waals surface area (Å²) in [5, 5.41) is 2.86. The minimum atomic E-state index is -3.93. The number of carbonyl (C=O) groups is 1. The van der Waals surface area contributed by atoms with E-state index in [1.165, 1.54) is 0 Å². The van der Waals surface area contributed by atoms with Gasteiger partial charge in [-0.1, -0.05) is 54.1 Å². The topological polar surface area (TPSA) is 84.3 Å². The molecule has 0 aliphatic heterocycles. The summed E-state index contributed by atoms with van der Waals surface area (Å²) in [6.07, 6.45) is 5.20. The van der Waals surface area contributed by atoms with Gasteiger partial charge in [-0.3, -0.25) is 9.10 Å². The fourth-order valence-electron chi connectivity index (χ4n) is 3.44. The molecular formula is C25H24N4O3S. The van der Waals surface area contributed by atoms with E-state index in [0.29, 0.717) is 5.69 Å². The van der Waals surface area contributed by atoms with E-state index in [4.69, 9.17) is 0 Å². The second-order valence-corrected chi connectivity index (χ2v) is 9.40. The number of hydrogen-bond donors (Lipinski definition) is 1. The summed E-state index contributed by atoms with van der Waals surface area (Å²) in [7, 11) is -3.93. The molecule has 0 aliphatic rings. The highest BCUT2D eigenvalue weighted by molar-refractivity contribution is 7.92. The molecule has 4 aromatic rings. The molecule has 0 aliphatic carbocycles. The first-order valence-electron chi connectivity index (χ1n) is 10.4. The second kappa shape index (κ2) is 9.70. The Hall–Kier alpha value is -3.91. The maximum Gasteiger partial charge on any atom is 0.264 e. The van der Waals surface area contributed by atoms with E-state index >= 15 is 0 Å². The molecule has 1 N–H and O–H groups in total. The normalized spacial score (nSPS) is 11.2. The number of carbonyl (C=O) groups excluding carboxylic acids is 1. The van der Waals surface area contributed by atoms with Crippen LogP contribution in [-0.2, 0) is 21.4 Å². The molecule has 33 heavy (non-hydrogen) atoms. The van der Waals surface area contributed by atoms with Gasteiger partial charge >= 0.3 is 0 Å². The Labute approximate surface area is 193 Å². The molecule has 1 amide bonds. The predicted molar refractivity (Wildman–Crippen MR) is 128 cm³/mol. The summed E-state index contributed by atoms with van der Waals surface area (Å²) >= 11 is 0. The third-order valence-electron chi connectivity index (χ3n) is 5.19. The van der Waals surface area contributed by atoms with Crippen molar-refractivity contribution in [3.8, 4) is 5.69 Å². The molecule has 0 atom stereocenters. The van der Waals surface area contributed by atoms with Crippen molar-refractivity contribution >= 4 is 21.6 Å². The van der Waals surface area contributed by atoms with E-state index < -0.39 is 15.9 Å². The van der Waals surface area contributed by atoms with Crippen molar-refractivity contribution in [3.63, 3.8) is 0 Å². The van der Waals surface area contributed by atoms with Crippen LogP contribution in [0.3, 0.4) is 0 Å². The third kappa shape index (κ3) is 5.12. The van der Waals surface area contributed by atoms with Gasteiger partial charge in [-0.2, -0.15) is 0 Å². The van der Waals surface area contributed by atoms with E-state index in [1.54, 1.807) is 67.1 Å². The van der Waals surface area contributed by atoms with Crippen molar-refractivity contribution in [1.82, 2.24) is 14.9 Å². The van der Waals surface area contributed by atoms with Crippen molar-refractivity contribution in [2.75, 3.05) is 10.8 Å². The van der Waals surface area contributed by atoms with Gasteiger partial charge in [-0.05, 0) is 42.8 Å². The summed E-state index contributed by atoms with van der Waals surface area (Å²) < 4.78 is 29.8. The summed E-state index contributed by atoms with van der Waals surface area (Å²) in [6, 6.07) is 22.9. The molecule has 0 bridgehead atoms. The quantitative estimate of drug-likeness (QED) is 0.435. The van der Waals surface area contributed by atoms with Crippen LogP contribution in [0.15, 0.2) is 102 Å². The van der Waals surface area contributed by atoms with Crippen molar-refractivity contribution in [3.05, 3.63) is 109 Å². The second-order valence-electron chi connectivity index (χ2n) is 7.54. The largest absolute Gasteiger partial charge is 0.350 e.